The summed E-state index contributed by atoms with van der Waals surface area (Å²) in [5.41, 5.74) is 1.33. The first-order chi connectivity index (χ1) is 11.7. The van der Waals surface area contributed by atoms with E-state index in [1.807, 2.05) is 6.92 Å². The van der Waals surface area contributed by atoms with Crippen LogP contribution < -0.4 is 4.90 Å². The lowest BCUT2D eigenvalue weighted by Gasteiger charge is -2.36. The fourth-order valence-corrected chi connectivity index (χ4v) is 2.99. The van der Waals surface area contributed by atoms with Gasteiger partial charge in [-0.2, -0.15) is 0 Å². The summed E-state index contributed by atoms with van der Waals surface area (Å²) in [5, 5.41) is 8.10. The first-order valence-electron chi connectivity index (χ1n) is 8.76. The van der Waals surface area contributed by atoms with Crippen molar-refractivity contribution >= 4 is 5.69 Å². The summed E-state index contributed by atoms with van der Waals surface area (Å²) >= 11 is 0. The highest BCUT2D eigenvalue weighted by Gasteiger charge is 2.17. The first kappa shape index (κ1) is 16.9. The van der Waals surface area contributed by atoms with Crippen LogP contribution in [-0.4, -0.2) is 66.3 Å². The molecule has 1 aliphatic heterocycles. The Morgan fingerprint density at radius 3 is 2.42 bits per heavy atom. The molecule has 1 fully saturated rings. The number of likely N-dealkylation sites (N-methyl/N-ethyl adjacent to an activating group) is 1. The molecule has 0 atom stereocenters. The van der Waals surface area contributed by atoms with Crippen LogP contribution in [0.1, 0.15) is 18.7 Å². The van der Waals surface area contributed by atoms with Crippen LogP contribution in [0.4, 0.5) is 5.69 Å². The third kappa shape index (κ3) is 4.55. The summed E-state index contributed by atoms with van der Waals surface area (Å²) in [6.07, 6.45) is 0.794. The van der Waals surface area contributed by atoms with Gasteiger partial charge >= 0.3 is 0 Å². The van der Waals surface area contributed by atoms with Crippen molar-refractivity contribution in [2.24, 2.45) is 0 Å². The lowest BCUT2D eigenvalue weighted by Crippen LogP contribution is -2.48. The third-order valence-electron chi connectivity index (χ3n) is 4.51. The Labute approximate surface area is 144 Å². The Hall–Kier alpha value is -1.92. The fourth-order valence-electron chi connectivity index (χ4n) is 2.99. The molecule has 0 spiro atoms. The summed E-state index contributed by atoms with van der Waals surface area (Å²) in [5.74, 6) is 1.43. The zero-order chi connectivity index (χ0) is 16.8. The van der Waals surface area contributed by atoms with Gasteiger partial charge in [0, 0.05) is 51.4 Å². The van der Waals surface area contributed by atoms with E-state index in [0.717, 1.165) is 58.1 Å². The number of benzene rings is 1. The van der Waals surface area contributed by atoms with Crippen LogP contribution in [0.5, 0.6) is 0 Å². The molecule has 1 aromatic carbocycles. The quantitative estimate of drug-likeness (QED) is 0.773. The summed E-state index contributed by atoms with van der Waals surface area (Å²) in [4.78, 5) is 7.24. The van der Waals surface area contributed by atoms with Crippen molar-refractivity contribution < 1.29 is 4.42 Å². The molecule has 0 saturated carbocycles. The fraction of sp³-hybridized carbons (Fsp3) is 0.556. The summed E-state index contributed by atoms with van der Waals surface area (Å²) < 4.78 is 5.57. The molecular weight excluding hydrogens is 302 g/mol. The maximum Gasteiger partial charge on any atom is 0.230 e. The number of para-hydroxylation sites is 1. The third-order valence-corrected chi connectivity index (χ3v) is 4.51. The molecule has 0 radical (unpaired) electrons. The maximum absolute atomic E-state index is 5.57. The van der Waals surface area contributed by atoms with Crippen LogP contribution in [0.2, 0.25) is 0 Å². The Balaban J connectivity index is 1.38. The highest BCUT2D eigenvalue weighted by atomic mass is 16.4. The molecule has 2 aromatic rings. The molecule has 0 amide bonds. The lowest BCUT2D eigenvalue weighted by atomic mass is 10.2. The number of hydrogen-bond donors (Lipinski definition) is 0. The van der Waals surface area contributed by atoms with Gasteiger partial charge in [0.1, 0.15) is 0 Å². The topological polar surface area (TPSA) is 48.6 Å². The van der Waals surface area contributed by atoms with Crippen LogP contribution in [0.15, 0.2) is 34.7 Å². The molecule has 2 heterocycles. The van der Waals surface area contributed by atoms with Gasteiger partial charge in [0.15, 0.2) is 0 Å². The summed E-state index contributed by atoms with van der Waals surface area (Å²) in [6, 6.07) is 10.7. The van der Waals surface area contributed by atoms with Crippen molar-refractivity contribution in [2.75, 3.05) is 51.2 Å². The van der Waals surface area contributed by atoms with Gasteiger partial charge in [0.2, 0.25) is 11.8 Å². The summed E-state index contributed by atoms with van der Waals surface area (Å²) in [7, 11) is 2.11. The minimum atomic E-state index is 0.711. The van der Waals surface area contributed by atoms with Crippen molar-refractivity contribution in [3.05, 3.63) is 42.1 Å². The lowest BCUT2D eigenvalue weighted by molar-refractivity contribution is 0.203. The van der Waals surface area contributed by atoms with Gasteiger partial charge < -0.3 is 9.32 Å². The van der Waals surface area contributed by atoms with E-state index in [9.17, 15) is 0 Å². The Kier molecular flexibility index (Phi) is 5.82. The van der Waals surface area contributed by atoms with E-state index in [2.05, 4.69) is 62.3 Å². The number of anilines is 1. The van der Waals surface area contributed by atoms with Gasteiger partial charge in [0.25, 0.3) is 0 Å². The van der Waals surface area contributed by atoms with Gasteiger partial charge in [-0.3, -0.25) is 9.80 Å². The van der Waals surface area contributed by atoms with Crippen LogP contribution in [-0.2, 0) is 13.0 Å². The molecule has 6 nitrogen and oxygen atoms in total. The molecule has 1 aliphatic rings. The van der Waals surface area contributed by atoms with Crippen molar-refractivity contribution in [2.45, 2.75) is 19.9 Å². The van der Waals surface area contributed by atoms with Gasteiger partial charge in [-0.15, -0.1) is 10.2 Å². The van der Waals surface area contributed by atoms with Crippen LogP contribution in [0.3, 0.4) is 0 Å². The van der Waals surface area contributed by atoms with E-state index in [0.29, 0.717) is 5.89 Å². The SMILES string of the molecule is CCc1nnc(CN(C)CCN2CCN(c3ccccc3)CC2)o1. The van der Waals surface area contributed by atoms with Crippen molar-refractivity contribution in [3.8, 4) is 0 Å². The Bertz CT molecular complexity index is 607. The molecule has 0 unspecified atom stereocenters. The minimum absolute atomic E-state index is 0.711. The number of hydrogen-bond acceptors (Lipinski definition) is 6. The average molecular weight is 329 g/mol. The summed E-state index contributed by atoms with van der Waals surface area (Å²) in [6.45, 7) is 9.25. The monoisotopic (exact) mass is 329 g/mol. The van der Waals surface area contributed by atoms with Gasteiger partial charge in [-0.1, -0.05) is 25.1 Å². The number of aromatic nitrogens is 2. The highest BCUT2D eigenvalue weighted by molar-refractivity contribution is 5.46. The molecular formula is C18H27N5O. The van der Waals surface area contributed by atoms with E-state index in [-0.39, 0.29) is 0 Å². The molecule has 0 aliphatic carbocycles. The van der Waals surface area contributed by atoms with Crippen LogP contribution >= 0.6 is 0 Å². The zero-order valence-corrected chi connectivity index (χ0v) is 14.7. The predicted octanol–water partition coefficient (Wildman–Crippen LogP) is 1.89. The molecule has 0 N–H and O–H groups in total. The minimum Gasteiger partial charge on any atom is -0.424 e. The second kappa shape index (κ2) is 8.26. The van der Waals surface area contributed by atoms with E-state index in [1.165, 1.54) is 5.69 Å². The normalized spacial score (nSPS) is 16.0. The molecule has 130 valence electrons. The zero-order valence-electron chi connectivity index (χ0n) is 14.7. The molecule has 1 aromatic heterocycles. The van der Waals surface area contributed by atoms with E-state index in [1.54, 1.807) is 0 Å². The molecule has 3 rings (SSSR count). The van der Waals surface area contributed by atoms with Gasteiger partial charge in [0.05, 0.1) is 6.54 Å². The van der Waals surface area contributed by atoms with Gasteiger partial charge in [-0.25, -0.2) is 0 Å². The number of piperazine rings is 1. The average Bonchev–Trinajstić information content (AvgIpc) is 3.09. The number of nitrogens with zero attached hydrogens (tertiary/aromatic N) is 5. The number of rotatable bonds is 7. The second-order valence-corrected chi connectivity index (χ2v) is 6.35. The maximum atomic E-state index is 5.57. The number of aryl methyl sites for hydroxylation is 1. The van der Waals surface area contributed by atoms with Crippen molar-refractivity contribution in [1.29, 1.82) is 0 Å². The predicted molar refractivity (Wildman–Crippen MR) is 95.1 cm³/mol. The van der Waals surface area contributed by atoms with Crippen molar-refractivity contribution in [1.82, 2.24) is 20.0 Å². The molecule has 1 saturated heterocycles. The highest BCUT2D eigenvalue weighted by Crippen LogP contribution is 2.15. The Morgan fingerprint density at radius 1 is 1.04 bits per heavy atom. The second-order valence-electron chi connectivity index (χ2n) is 6.35. The smallest absolute Gasteiger partial charge is 0.230 e. The van der Waals surface area contributed by atoms with Crippen LogP contribution in [0, 0.1) is 0 Å². The first-order valence-corrected chi connectivity index (χ1v) is 8.76. The van der Waals surface area contributed by atoms with Crippen LogP contribution in [0.25, 0.3) is 0 Å². The molecule has 6 heteroatoms. The van der Waals surface area contributed by atoms with E-state index >= 15 is 0 Å². The standard InChI is InChI=1S/C18H27N5O/c1-3-17-19-20-18(24-17)15-21(2)9-10-22-11-13-23(14-12-22)16-7-5-4-6-8-16/h4-8H,3,9-15H2,1-2H3. The van der Waals surface area contributed by atoms with E-state index in [4.69, 9.17) is 4.42 Å². The van der Waals surface area contributed by atoms with E-state index < -0.39 is 0 Å². The molecule has 0 bridgehead atoms. The Morgan fingerprint density at radius 2 is 1.75 bits per heavy atom. The molecule has 24 heavy (non-hydrogen) atoms. The van der Waals surface area contributed by atoms with Crippen molar-refractivity contribution in [3.63, 3.8) is 0 Å². The van der Waals surface area contributed by atoms with Gasteiger partial charge in [-0.05, 0) is 19.2 Å². The largest absolute Gasteiger partial charge is 0.424 e.